The van der Waals surface area contributed by atoms with Crippen molar-refractivity contribution in [3.8, 4) is 0 Å². The molecule has 3 rings (SSSR count). The molecule has 1 atom stereocenters. The second-order valence-corrected chi connectivity index (χ2v) is 10.2. The monoisotopic (exact) mass is 422 g/mol. The fourth-order valence-electron chi connectivity index (χ4n) is 4.20. The number of piperazine rings is 1. The number of rotatable bonds is 7. The van der Waals surface area contributed by atoms with Gasteiger partial charge < -0.3 is 4.90 Å². The molecule has 7 nitrogen and oxygen atoms in total. The molecule has 0 aromatic heterocycles. The van der Waals surface area contributed by atoms with Gasteiger partial charge in [0.1, 0.15) is 0 Å². The predicted octanol–water partition coefficient (Wildman–Crippen LogP) is 1.04. The Balaban J connectivity index is 1.47. The molecule has 2 aliphatic rings. The highest BCUT2D eigenvalue weighted by molar-refractivity contribution is 7.88. The lowest BCUT2D eigenvalue weighted by molar-refractivity contribution is -0.135. The lowest BCUT2D eigenvalue weighted by Crippen LogP contribution is -2.54. The van der Waals surface area contributed by atoms with Gasteiger partial charge in [-0.15, -0.1) is 0 Å². The molecule has 0 spiro atoms. The second-order valence-electron chi connectivity index (χ2n) is 8.32. The fourth-order valence-corrected chi connectivity index (χ4v) is 4.70. The summed E-state index contributed by atoms with van der Waals surface area (Å²) in [4.78, 5) is 19.4. The lowest BCUT2D eigenvalue weighted by Gasteiger charge is -2.39. The summed E-state index contributed by atoms with van der Waals surface area (Å²) in [6.07, 6.45) is 4.26. The maximum atomic E-state index is 12.9. The molecule has 2 aliphatic heterocycles. The highest BCUT2D eigenvalue weighted by Gasteiger charge is 2.28. The largest absolute Gasteiger partial charge is 0.339 e. The molecule has 0 radical (unpaired) electrons. The van der Waals surface area contributed by atoms with Crippen LogP contribution in [0.25, 0.3) is 0 Å². The number of carbonyl (C=O) groups is 1. The summed E-state index contributed by atoms with van der Waals surface area (Å²) in [5.41, 5.74) is 2.66. The number of hydrogen-bond acceptors (Lipinski definition) is 5. The molecule has 1 unspecified atom stereocenters. The summed E-state index contributed by atoms with van der Waals surface area (Å²) >= 11 is 0. The molecule has 1 N–H and O–H groups in total. The van der Waals surface area contributed by atoms with E-state index < -0.39 is 10.0 Å². The minimum Gasteiger partial charge on any atom is -0.339 e. The van der Waals surface area contributed by atoms with Crippen molar-refractivity contribution in [3.05, 3.63) is 35.4 Å². The number of likely N-dealkylation sites (tertiary alicyclic amines) is 1. The van der Waals surface area contributed by atoms with Crippen molar-refractivity contribution in [2.24, 2.45) is 0 Å². The Morgan fingerprint density at radius 2 is 1.83 bits per heavy atom. The quantitative estimate of drug-likeness (QED) is 0.711. The first kappa shape index (κ1) is 22.2. The standard InChI is InChI=1S/C21H34N4O3S/c1-18-7-3-4-8-19(18)16-23-11-13-24(14-12-23)21(26)17-25-10-6-5-9-20(25)15-22-29(2,27)28/h3-4,7-8,20,22H,5-6,9-17H2,1-2H3. The van der Waals surface area contributed by atoms with Crippen LogP contribution in [0.4, 0.5) is 0 Å². The molecular formula is C21H34N4O3S. The molecule has 2 fully saturated rings. The van der Waals surface area contributed by atoms with E-state index in [9.17, 15) is 13.2 Å². The van der Waals surface area contributed by atoms with Gasteiger partial charge in [0.15, 0.2) is 0 Å². The highest BCUT2D eigenvalue weighted by Crippen LogP contribution is 2.18. The maximum Gasteiger partial charge on any atom is 0.236 e. The topological polar surface area (TPSA) is 73.0 Å². The Morgan fingerprint density at radius 1 is 1.10 bits per heavy atom. The van der Waals surface area contributed by atoms with Crippen molar-refractivity contribution < 1.29 is 13.2 Å². The Labute approximate surface area is 175 Å². The average Bonchev–Trinajstić information content (AvgIpc) is 2.69. The zero-order valence-corrected chi connectivity index (χ0v) is 18.5. The van der Waals surface area contributed by atoms with E-state index in [1.54, 1.807) is 0 Å². The molecule has 0 saturated carbocycles. The molecule has 1 amide bonds. The molecule has 1 aromatic carbocycles. The number of aryl methyl sites for hydroxylation is 1. The third kappa shape index (κ3) is 6.77. The van der Waals surface area contributed by atoms with E-state index in [1.165, 1.54) is 17.4 Å². The van der Waals surface area contributed by atoms with E-state index in [0.717, 1.165) is 58.5 Å². The lowest BCUT2D eigenvalue weighted by atomic mass is 10.0. The van der Waals surface area contributed by atoms with Gasteiger partial charge in [-0.3, -0.25) is 14.6 Å². The first-order chi connectivity index (χ1) is 13.8. The molecule has 2 saturated heterocycles. The van der Waals surface area contributed by atoms with Gasteiger partial charge >= 0.3 is 0 Å². The Morgan fingerprint density at radius 3 is 2.52 bits per heavy atom. The van der Waals surface area contributed by atoms with Crippen molar-refractivity contribution in [2.45, 2.75) is 38.8 Å². The third-order valence-electron chi connectivity index (χ3n) is 6.05. The minimum atomic E-state index is -3.21. The van der Waals surface area contributed by atoms with Gasteiger partial charge in [0.05, 0.1) is 12.8 Å². The number of amides is 1. The molecule has 0 aliphatic carbocycles. The van der Waals surface area contributed by atoms with E-state index in [0.29, 0.717) is 13.1 Å². The van der Waals surface area contributed by atoms with Gasteiger partial charge in [0.2, 0.25) is 15.9 Å². The number of nitrogens with zero attached hydrogens (tertiary/aromatic N) is 3. The van der Waals surface area contributed by atoms with Crippen LogP contribution in [0.3, 0.4) is 0 Å². The van der Waals surface area contributed by atoms with Crippen LogP contribution >= 0.6 is 0 Å². The van der Waals surface area contributed by atoms with Crippen molar-refractivity contribution in [3.63, 3.8) is 0 Å². The second kappa shape index (κ2) is 10.0. The zero-order chi connectivity index (χ0) is 20.9. The average molecular weight is 423 g/mol. The van der Waals surface area contributed by atoms with Crippen LogP contribution in [0.5, 0.6) is 0 Å². The van der Waals surface area contributed by atoms with Crippen molar-refractivity contribution >= 4 is 15.9 Å². The maximum absolute atomic E-state index is 12.9. The van der Waals surface area contributed by atoms with Gasteiger partial charge in [-0.05, 0) is 37.4 Å². The van der Waals surface area contributed by atoms with Crippen LogP contribution in [0.2, 0.25) is 0 Å². The Hall–Kier alpha value is -1.48. The summed E-state index contributed by atoms with van der Waals surface area (Å²) < 4.78 is 25.5. The molecule has 29 heavy (non-hydrogen) atoms. The molecule has 162 valence electrons. The Kier molecular flexibility index (Phi) is 7.67. The smallest absolute Gasteiger partial charge is 0.236 e. The van der Waals surface area contributed by atoms with Gasteiger partial charge in [0, 0.05) is 45.3 Å². The first-order valence-electron chi connectivity index (χ1n) is 10.5. The van der Waals surface area contributed by atoms with E-state index >= 15 is 0 Å². The van der Waals surface area contributed by atoms with E-state index in [-0.39, 0.29) is 11.9 Å². The molecule has 1 aromatic rings. The van der Waals surface area contributed by atoms with Crippen LogP contribution < -0.4 is 4.72 Å². The third-order valence-corrected chi connectivity index (χ3v) is 6.74. The SMILES string of the molecule is Cc1ccccc1CN1CCN(C(=O)CN2CCCCC2CNS(C)(=O)=O)CC1. The first-order valence-corrected chi connectivity index (χ1v) is 12.4. The van der Waals surface area contributed by atoms with Crippen LogP contribution in [-0.4, -0.2) is 87.1 Å². The number of nitrogens with one attached hydrogen (secondary N) is 1. The summed E-state index contributed by atoms with van der Waals surface area (Å²) in [6, 6.07) is 8.56. The number of sulfonamides is 1. The highest BCUT2D eigenvalue weighted by atomic mass is 32.2. The zero-order valence-electron chi connectivity index (χ0n) is 17.6. The van der Waals surface area contributed by atoms with Crippen molar-refractivity contribution in [1.82, 2.24) is 19.4 Å². The van der Waals surface area contributed by atoms with Gasteiger partial charge in [-0.2, -0.15) is 0 Å². The minimum absolute atomic E-state index is 0.102. The molecule has 8 heteroatoms. The molecule has 2 heterocycles. The van der Waals surface area contributed by atoms with Crippen molar-refractivity contribution in [1.29, 1.82) is 0 Å². The summed E-state index contributed by atoms with van der Waals surface area (Å²) in [6.45, 7) is 7.98. The van der Waals surface area contributed by atoms with Crippen LogP contribution in [0, 0.1) is 6.92 Å². The van der Waals surface area contributed by atoms with E-state index in [4.69, 9.17) is 0 Å². The number of carbonyl (C=O) groups excluding carboxylic acids is 1. The molecular weight excluding hydrogens is 388 g/mol. The van der Waals surface area contributed by atoms with Crippen LogP contribution in [0.1, 0.15) is 30.4 Å². The summed E-state index contributed by atoms with van der Waals surface area (Å²) in [7, 11) is -3.21. The van der Waals surface area contributed by atoms with Gasteiger partial charge in [0.25, 0.3) is 0 Å². The van der Waals surface area contributed by atoms with Crippen LogP contribution in [-0.2, 0) is 21.4 Å². The number of piperidine rings is 1. The predicted molar refractivity (Wildman–Crippen MR) is 115 cm³/mol. The van der Waals surface area contributed by atoms with Gasteiger partial charge in [-0.25, -0.2) is 13.1 Å². The van der Waals surface area contributed by atoms with Crippen LogP contribution in [0.15, 0.2) is 24.3 Å². The fraction of sp³-hybridized carbons (Fsp3) is 0.667. The normalized spacial score (nSPS) is 22.0. The van der Waals surface area contributed by atoms with Crippen molar-refractivity contribution in [2.75, 3.05) is 52.1 Å². The molecule has 0 bridgehead atoms. The number of benzene rings is 1. The number of hydrogen-bond donors (Lipinski definition) is 1. The van der Waals surface area contributed by atoms with Gasteiger partial charge in [-0.1, -0.05) is 30.7 Å². The van der Waals surface area contributed by atoms with E-state index in [1.807, 2.05) is 4.90 Å². The Bertz CT molecular complexity index is 791. The summed E-state index contributed by atoms with van der Waals surface area (Å²) in [5.74, 6) is 0.159. The van der Waals surface area contributed by atoms with E-state index in [2.05, 4.69) is 45.7 Å². The summed E-state index contributed by atoms with van der Waals surface area (Å²) in [5, 5.41) is 0.